The van der Waals surface area contributed by atoms with Crippen molar-refractivity contribution in [3.8, 4) is 0 Å². The highest BCUT2D eigenvalue weighted by atomic mass is 16.2. The fraction of sp³-hybridized carbons (Fsp3) is 0.444. The number of nitrogens with zero attached hydrogens (tertiary/aromatic N) is 1. The van der Waals surface area contributed by atoms with Gasteiger partial charge in [-0.05, 0) is 24.0 Å². The van der Waals surface area contributed by atoms with E-state index in [1.807, 2.05) is 37.3 Å². The molecule has 0 bridgehead atoms. The number of fused-ring (bicyclic) bond motifs is 1. The molecule has 2 rings (SSSR count). The molecule has 0 aliphatic carbocycles. The minimum Gasteiger partial charge on any atom is -0.324 e. The van der Waals surface area contributed by atoms with Gasteiger partial charge in [0.1, 0.15) is 0 Å². The SMILES string of the molecule is CCC(C)(C(=O)Nc1cccc2cccnc12)C(C)(C)C. The second-order valence-corrected chi connectivity index (χ2v) is 6.77. The Hall–Kier alpha value is -1.90. The fourth-order valence-electron chi connectivity index (χ4n) is 2.50. The van der Waals surface area contributed by atoms with Gasteiger partial charge < -0.3 is 5.32 Å². The Morgan fingerprint density at radius 2 is 1.81 bits per heavy atom. The van der Waals surface area contributed by atoms with Crippen molar-refractivity contribution in [3.63, 3.8) is 0 Å². The molecule has 21 heavy (non-hydrogen) atoms. The van der Waals surface area contributed by atoms with Crippen LogP contribution in [0.25, 0.3) is 10.9 Å². The first kappa shape index (κ1) is 15.5. The van der Waals surface area contributed by atoms with Crippen LogP contribution in [-0.2, 0) is 4.79 Å². The van der Waals surface area contributed by atoms with Crippen molar-refractivity contribution in [1.82, 2.24) is 4.98 Å². The Morgan fingerprint density at radius 3 is 2.43 bits per heavy atom. The van der Waals surface area contributed by atoms with Crippen LogP contribution in [0.3, 0.4) is 0 Å². The minimum absolute atomic E-state index is 0.0515. The van der Waals surface area contributed by atoms with Crippen LogP contribution in [0.2, 0.25) is 0 Å². The Labute approximate surface area is 126 Å². The van der Waals surface area contributed by atoms with Gasteiger partial charge in [-0.25, -0.2) is 0 Å². The molecule has 0 spiro atoms. The maximum absolute atomic E-state index is 12.8. The number of benzene rings is 1. The van der Waals surface area contributed by atoms with Gasteiger partial charge >= 0.3 is 0 Å². The summed E-state index contributed by atoms with van der Waals surface area (Å²) in [7, 11) is 0. The van der Waals surface area contributed by atoms with Gasteiger partial charge in [0.2, 0.25) is 5.91 Å². The van der Waals surface area contributed by atoms with Gasteiger partial charge in [-0.1, -0.05) is 52.8 Å². The van der Waals surface area contributed by atoms with Gasteiger partial charge in [-0.2, -0.15) is 0 Å². The average Bonchev–Trinajstić information content (AvgIpc) is 2.45. The number of nitrogens with one attached hydrogen (secondary N) is 1. The number of amides is 1. The number of para-hydroxylation sites is 1. The maximum atomic E-state index is 12.8. The van der Waals surface area contributed by atoms with Crippen LogP contribution in [0.15, 0.2) is 36.5 Å². The van der Waals surface area contributed by atoms with E-state index in [2.05, 4.69) is 38.0 Å². The zero-order valence-electron chi connectivity index (χ0n) is 13.5. The molecule has 3 nitrogen and oxygen atoms in total. The lowest BCUT2D eigenvalue weighted by Crippen LogP contribution is -2.43. The van der Waals surface area contributed by atoms with Crippen molar-refractivity contribution in [1.29, 1.82) is 0 Å². The van der Waals surface area contributed by atoms with Gasteiger partial charge in [0.25, 0.3) is 0 Å². The molecule has 1 heterocycles. The third-order valence-corrected chi connectivity index (χ3v) is 4.74. The summed E-state index contributed by atoms with van der Waals surface area (Å²) < 4.78 is 0. The number of carbonyl (C=O) groups excluding carboxylic acids is 1. The Bertz CT molecular complexity index is 652. The summed E-state index contributed by atoms with van der Waals surface area (Å²) in [5.41, 5.74) is 1.08. The first-order valence-electron chi connectivity index (χ1n) is 7.45. The molecular formula is C18H24N2O. The van der Waals surface area contributed by atoms with E-state index in [0.717, 1.165) is 23.0 Å². The van der Waals surface area contributed by atoms with Crippen LogP contribution in [-0.4, -0.2) is 10.9 Å². The molecule has 0 radical (unpaired) electrons. The normalized spacial score (nSPS) is 14.7. The number of rotatable bonds is 3. The highest BCUT2D eigenvalue weighted by molar-refractivity contribution is 6.02. The molecule has 1 amide bonds. The topological polar surface area (TPSA) is 42.0 Å². The lowest BCUT2D eigenvalue weighted by Gasteiger charge is -2.39. The number of pyridine rings is 1. The summed E-state index contributed by atoms with van der Waals surface area (Å²) in [6, 6.07) is 9.76. The molecule has 3 heteroatoms. The Balaban J connectivity index is 2.38. The summed E-state index contributed by atoms with van der Waals surface area (Å²) in [5.74, 6) is 0.0515. The molecule has 1 N–H and O–H groups in total. The van der Waals surface area contributed by atoms with E-state index in [-0.39, 0.29) is 11.3 Å². The molecule has 112 valence electrons. The van der Waals surface area contributed by atoms with Gasteiger partial charge in [0, 0.05) is 11.6 Å². The first-order valence-corrected chi connectivity index (χ1v) is 7.45. The van der Waals surface area contributed by atoms with Crippen LogP contribution < -0.4 is 5.32 Å². The predicted octanol–water partition coefficient (Wildman–Crippen LogP) is 4.64. The third kappa shape index (κ3) is 2.78. The highest BCUT2D eigenvalue weighted by Gasteiger charge is 2.42. The third-order valence-electron chi connectivity index (χ3n) is 4.74. The molecule has 0 saturated carbocycles. The lowest BCUT2D eigenvalue weighted by atomic mass is 9.65. The first-order chi connectivity index (χ1) is 9.79. The second-order valence-electron chi connectivity index (χ2n) is 6.77. The van der Waals surface area contributed by atoms with E-state index in [4.69, 9.17) is 0 Å². The van der Waals surface area contributed by atoms with Gasteiger partial charge in [0.05, 0.1) is 16.6 Å². The van der Waals surface area contributed by atoms with Crippen LogP contribution in [0.4, 0.5) is 5.69 Å². The number of hydrogen-bond donors (Lipinski definition) is 1. The second kappa shape index (κ2) is 5.47. The zero-order valence-corrected chi connectivity index (χ0v) is 13.5. The van der Waals surface area contributed by atoms with Crippen LogP contribution in [0.1, 0.15) is 41.0 Å². The number of anilines is 1. The van der Waals surface area contributed by atoms with Crippen LogP contribution >= 0.6 is 0 Å². The van der Waals surface area contributed by atoms with Crippen molar-refractivity contribution in [2.24, 2.45) is 10.8 Å². The van der Waals surface area contributed by atoms with Crippen molar-refractivity contribution in [3.05, 3.63) is 36.5 Å². The largest absolute Gasteiger partial charge is 0.324 e. The fourth-order valence-corrected chi connectivity index (χ4v) is 2.50. The van der Waals surface area contributed by atoms with Crippen LogP contribution in [0, 0.1) is 10.8 Å². The van der Waals surface area contributed by atoms with E-state index in [1.54, 1.807) is 6.20 Å². The average molecular weight is 284 g/mol. The molecule has 1 atom stereocenters. The van der Waals surface area contributed by atoms with Crippen molar-refractivity contribution < 1.29 is 4.79 Å². The van der Waals surface area contributed by atoms with E-state index in [1.165, 1.54) is 0 Å². The lowest BCUT2D eigenvalue weighted by molar-refractivity contribution is -0.130. The van der Waals surface area contributed by atoms with Crippen LogP contribution in [0.5, 0.6) is 0 Å². The molecular weight excluding hydrogens is 260 g/mol. The maximum Gasteiger partial charge on any atom is 0.230 e. The highest BCUT2D eigenvalue weighted by Crippen LogP contribution is 2.42. The minimum atomic E-state index is -0.427. The molecule has 1 aromatic heterocycles. The summed E-state index contributed by atoms with van der Waals surface area (Å²) in [4.78, 5) is 17.2. The number of carbonyl (C=O) groups is 1. The number of hydrogen-bond acceptors (Lipinski definition) is 2. The van der Waals surface area contributed by atoms with Gasteiger partial charge in [-0.3, -0.25) is 9.78 Å². The monoisotopic (exact) mass is 284 g/mol. The molecule has 0 fully saturated rings. The quantitative estimate of drug-likeness (QED) is 0.892. The molecule has 2 aromatic rings. The Kier molecular flexibility index (Phi) is 4.04. The number of aromatic nitrogens is 1. The summed E-state index contributed by atoms with van der Waals surface area (Å²) in [6.07, 6.45) is 2.54. The zero-order chi connectivity index (χ0) is 15.7. The van der Waals surface area contributed by atoms with E-state index >= 15 is 0 Å². The summed E-state index contributed by atoms with van der Waals surface area (Å²) >= 11 is 0. The predicted molar refractivity (Wildman–Crippen MR) is 88.2 cm³/mol. The Morgan fingerprint density at radius 1 is 1.14 bits per heavy atom. The molecule has 0 aliphatic rings. The van der Waals surface area contributed by atoms with Gasteiger partial charge in [-0.15, -0.1) is 0 Å². The molecule has 0 aliphatic heterocycles. The van der Waals surface area contributed by atoms with E-state index in [0.29, 0.717) is 0 Å². The molecule has 0 saturated heterocycles. The van der Waals surface area contributed by atoms with E-state index in [9.17, 15) is 4.79 Å². The van der Waals surface area contributed by atoms with Crippen molar-refractivity contribution in [2.45, 2.75) is 41.0 Å². The van der Waals surface area contributed by atoms with Gasteiger partial charge in [0.15, 0.2) is 0 Å². The summed E-state index contributed by atoms with van der Waals surface area (Å²) in [5, 5.41) is 4.11. The van der Waals surface area contributed by atoms with Crippen molar-refractivity contribution in [2.75, 3.05) is 5.32 Å². The summed E-state index contributed by atoms with van der Waals surface area (Å²) in [6.45, 7) is 10.4. The van der Waals surface area contributed by atoms with E-state index < -0.39 is 5.41 Å². The standard InChI is InChI=1S/C18H24N2O/c1-6-18(5,17(2,3)4)16(21)20-14-11-7-9-13-10-8-12-19-15(13)14/h7-12H,6H2,1-5H3,(H,20,21). The molecule has 1 aromatic carbocycles. The van der Waals surface area contributed by atoms with Crippen molar-refractivity contribution >= 4 is 22.5 Å². The smallest absolute Gasteiger partial charge is 0.230 e. The molecule has 1 unspecified atom stereocenters.